The molecule has 0 aliphatic rings. The Morgan fingerprint density at radius 1 is 1.29 bits per heavy atom. The summed E-state index contributed by atoms with van der Waals surface area (Å²) in [5.74, 6) is -2.91. The van der Waals surface area contributed by atoms with E-state index in [1.54, 1.807) is 0 Å². The highest BCUT2D eigenvalue weighted by Crippen LogP contribution is 2.28. The maximum Gasteiger partial charge on any atom is 0.374 e. The van der Waals surface area contributed by atoms with Crippen molar-refractivity contribution in [1.29, 1.82) is 0 Å². The Balaban J connectivity index is 2.48. The molecule has 0 unspecified atom stereocenters. The van der Waals surface area contributed by atoms with Gasteiger partial charge >= 0.3 is 5.97 Å². The fourth-order valence-corrected chi connectivity index (χ4v) is 2.23. The first-order valence-corrected chi connectivity index (χ1v) is 7.42. The third-order valence-electron chi connectivity index (χ3n) is 2.58. The van der Waals surface area contributed by atoms with Gasteiger partial charge in [0.05, 0.1) is 4.90 Å². The number of sulfone groups is 1. The Bertz CT molecular complexity index is 780. The average Bonchev–Trinajstić information content (AvgIpc) is 2.83. The standard InChI is InChI=1S/C12H9F2NO5S/c1-21(18,19)7-4-2-6(3-5-7)11-15-8(10(13)14)9(20-11)12(16)17/h2-5,10H,1H3,(H,16,17). The monoisotopic (exact) mass is 317 g/mol. The van der Waals surface area contributed by atoms with Gasteiger partial charge in [0.1, 0.15) is 0 Å². The van der Waals surface area contributed by atoms with Crippen LogP contribution in [-0.2, 0) is 9.84 Å². The van der Waals surface area contributed by atoms with E-state index < -0.39 is 33.7 Å². The molecular weight excluding hydrogens is 308 g/mol. The van der Waals surface area contributed by atoms with Crippen molar-refractivity contribution < 1.29 is 31.5 Å². The molecule has 1 aromatic heterocycles. The molecule has 0 saturated carbocycles. The highest BCUT2D eigenvalue weighted by molar-refractivity contribution is 7.90. The summed E-state index contributed by atoms with van der Waals surface area (Å²) >= 11 is 0. The number of nitrogens with zero attached hydrogens (tertiary/aromatic N) is 1. The molecule has 0 aliphatic heterocycles. The lowest BCUT2D eigenvalue weighted by atomic mass is 10.2. The molecule has 2 aromatic rings. The Hall–Kier alpha value is -2.29. The topological polar surface area (TPSA) is 97.5 Å². The fourth-order valence-electron chi connectivity index (χ4n) is 1.60. The molecule has 1 heterocycles. The van der Waals surface area contributed by atoms with E-state index in [9.17, 15) is 22.0 Å². The van der Waals surface area contributed by atoms with Gasteiger partial charge in [-0.05, 0) is 24.3 Å². The van der Waals surface area contributed by atoms with Crippen molar-refractivity contribution in [3.63, 3.8) is 0 Å². The number of aromatic nitrogens is 1. The van der Waals surface area contributed by atoms with Crippen molar-refractivity contribution in [3.8, 4) is 11.5 Å². The van der Waals surface area contributed by atoms with E-state index in [2.05, 4.69) is 4.98 Å². The fraction of sp³-hybridized carbons (Fsp3) is 0.167. The number of carboxylic acid groups (broad SMARTS) is 1. The van der Waals surface area contributed by atoms with Crippen molar-refractivity contribution in [2.75, 3.05) is 6.26 Å². The Morgan fingerprint density at radius 3 is 2.24 bits per heavy atom. The van der Waals surface area contributed by atoms with E-state index in [4.69, 9.17) is 9.52 Å². The molecule has 21 heavy (non-hydrogen) atoms. The summed E-state index contributed by atoms with van der Waals surface area (Å²) in [6, 6.07) is 5.08. The number of carbonyl (C=O) groups is 1. The molecule has 0 fully saturated rings. The second-order valence-corrected chi connectivity index (χ2v) is 6.15. The maximum absolute atomic E-state index is 12.7. The molecule has 0 spiro atoms. The lowest BCUT2D eigenvalue weighted by Gasteiger charge is -1.99. The first-order chi connectivity index (χ1) is 9.70. The minimum atomic E-state index is -3.40. The van der Waals surface area contributed by atoms with Gasteiger partial charge in [0, 0.05) is 11.8 Å². The molecule has 0 bridgehead atoms. The molecule has 0 saturated heterocycles. The Labute approximate surface area is 118 Å². The lowest BCUT2D eigenvalue weighted by Crippen LogP contribution is -1.99. The number of halogens is 2. The van der Waals surface area contributed by atoms with E-state index in [1.165, 1.54) is 24.3 Å². The lowest BCUT2D eigenvalue weighted by molar-refractivity contribution is 0.0647. The minimum absolute atomic E-state index is 0.0327. The largest absolute Gasteiger partial charge is 0.475 e. The van der Waals surface area contributed by atoms with Gasteiger partial charge in [0.25, 0.3) is 6.43 Å². The number of benzene rings is 1. The highest BCUT2D eigenvalue weighted by atomic mass is 32.2. The van der Waals surface area contributed by atoms with Gasteiger partial charge in [-0.1, -0.05) is 0 Å². The zero-order valence-electron chi connectivity index (χ0n) is 10.6. The molecule has 0 radical (unpaired) electrons. The van der Waals surface area contributed by atoms with Crippen molar-refractivity contribution in [2.24, 2.45) is 0 Å². The van der Waals surface area contributed by atoms with E-state index >= 15 is 0 Å². The number of alkyl halides is 2. The van der Waals surface area contributed by atoms with Crippen LogP contribution in [0.5, 0.6) is 0 Å². The number of rotatable bonds is 4. The molecule has 6 nitrogen and oxygen atoms in total. The number of carboxylic acids is 1. The van der Waals surface area contributed by atoms with Gasteiger partial charge in [0.15, 0.2) is 15.5 Å². The van der Waals surface area contributed by atoms with Crippen molar-refractivity contribution in [1.82, 2.24) is 4.98 Å². The van der Waals surface area contributed by atoms with Crippen LogP contribution in [0.3, 0.4) is 0 Å². The van der Waals surface area contributed by atoms with Gasteiger partial charge < -0.3 is 9.52 Å². The van der Waals surface area contributed by atoms with Gasteiger partial charge in [-0.15, -0.1) is 0 Å². The molecule has 112 valence electrons. The summed E-state index contributed by atoms with van der Waals surface area (Å²) in [7, 11) is -3.40. The SMILES string of the molecule is CS(=O)(=O)c1ccc(-c2nc(C(F)F)c(C(=O)O)o2)cc1. The zero-order chi connectivity index (χ0) is 15.8. The summed E-state index contributed by atoms with van der Waals surface area (Å²) in [5.41, 5.74) is -0.776. The van der Waals surface area contributed by atoms with Gasteiger partial charge in [0.2, 0.25) is 11.7 Å². The van der Waals surface area contributed by atoms with Crippen LogP contribution in [0.25, 0.3) is 11.5 Å². The number of aromatic carboxylic acids is 1. The zero-order valence-corrected chi connectivity index (χ0v) is 11.4. The summed E-state index contributed by atoms with van der Waals surface area (Å²) in [6.45, 7) is 0. The van der Waals surface area contributed by atoms with Crippen LogP contribution in [-0.4, -0.2) is 30.7 Å². The summed E-state index contributed by atoms with van der Waals surface area (Å²) < 4.78 is 52.8. The Morgan fingerprint density at radius 2 is 1.86 bits per heavy atom. The van der Waals surface area contributed by atoms with Crippen LogP contribution >= 0.6 is 0 Å². The average molecular weight is 317 g/mol. The van der Waals surface area contributed by atoms with Crippen molar-refractivity contribution in [2.45, 2.75) is 11.3 Å². The van der Waals surface area contributed by atoms with Crippen LogP contribution in [0.2, 0.25) is 0 Å². The second kappa shape index (κ2) is 5.24. The maximum atomic E-state index is 12.7. The molecule has 9 heteroatoms. The number of hydrogen-bond donors (Lipinski definition) is 1. The first-order valence-electron chi connectivity index (χ1n) is 5.53. The second-order valence-electron chi connectivity index (χ2n) is 4.14. The minimum Gasteiger partial charge on any atom is -0.475 e. The molecule has 2 rings (SSSR count). The predicted molar refractivity (Wildman–Crippen MR) is 67.0 cm³/mol. The Kier molecular flexibility index (Phi) is 3.77. The van der Waals surface area contributed by atoms with Gasteiger partial charge in [-0.3, -0.25) is 0 Å². The smallest absolute Gasteiger partial charge is 0.374 e. The van der Waals surface area contributed by atoms with E-state index in [1.807, 2.05) is 0 Å². The van der Waals surface area contributed by atoms with Crippen LogP contribution in [0.4, 0.5) is 8.78 Å². The quantitative estimate of drug-likeness (QED) is 0.929. The first kappa shape index (κ1) is 15.1. The van der Waals surface area contributed by atoms with E-state index in [0.29, 0.717) is 0 Å². The van der Waals surface area contributed by atoms with Gasteiger partial charge in [-0.2, -0.15) is 0 Å². The van der Waals surface area contributed by atoms with Crippen LogP contribution in [0, 0.1) is 0 Å². The molecular formula is C12H9F2NO5S. The van der Waals surface area contributed by atoms with E-state index in [-0.39, 0.29) is 16.3 Å². The van der Waals surface area contributed by atoms with E-state index in [0.717, 1.165) is 6.26 Å². The summed E-state index contributed by atoms with van der Waals surface area (Å²) in [4.78, 5) is 14.3. The normalized spacial score (nSPS) is 11.8. The third kappa shape index (κ3) is 3.07. The molecule has 0 amide bonds. The predicted octanol–water partition coefficient (Wildman–Crippen LogP) is 2.38. The summed E-state index contributed by atoms with van der Waals surface area (Å²) in [6.07, 6.45) is -2.08. The molecule has 1 aromatic carbocycles. The number of oxazole rings is 1. The van der Waals surface area contributed by atoms with Crippen molar-refractivity contribution >= 4 is 15.8 Å². The van der Waals surface area contributed by atoms with Crippen LogP contribution < -0.4 is 0 Å². The molecule has 1 N–H and O–H groups in total. The van der Waals surface area contributed by atoms with Crippen molar-refractivity contribution in [3.05, 3.63) is 35.7 Å². The summed E-state index contributed by atoms with van der Waals surface area (Å²) in [5, 5.41) is 8.78. The highest BCUT2D eigenvalue weighted by Gasteiger charge is 2.26. The number of hydrogen-bond acceptors (Lipinski definition) is 5. The molecule has 0 aliphatic carbocycles. The third-order valence-corrected chi connectivity index (χ3v) is 3.71. The van der Waals surface area contributed by atoms with Crippen LogP contribution in [0.15, 0.2) is 33.6 Å². The molecule has 0 atom stereocenters. The van der Waals surface area contributed by atoms with Crippen LogP contribution in [0.1, 0.15) is 22.7 Å². The van der Waals surface area contributed by atoms with Gasteiger partial charge in [-0.25, -0.2) is 27.0 Å².